The van der Waals surface area contributed by atoms with Gasteiger partial charge in [0.15, 0.2) is 0 Å². The SMILES string of the molecule is CC(C)c1cc(C(C)C)c(-c2cccc(-c3c(C(C)C)cc(C(C)C)cc3C(C)C)[c]2[Sn]2=[Sn]([c]3c(-c4c(C(C)C)cc(C(C)C)cc4C(C)C)cccc3-c3c(C(C)C)cc(C(C)C)cc3C(C)C)[c]3cccc4ccc[c]2c34)c(C(C)C)c1. The molecule has 8 aromatic carbocycles. The average molecular weight is 1330 g/mol. The molecule has 9 rings (SSSR count). The molecule has 1 aliphatic rings. The Balaban J connectivity index is 1.67. The van der Waals surface area contributed by atoms with Gasteiger partial charge < -0.3 is 0 Å². The summed E-state index contributed by atoms with van der Waals surface area (Å²) in [5.41, 5.74) is 30.1. The van der Waals surface area contributed by atoms with E-state index in [1.165, 1.54) is 117 Å². The van der Waals surface area contributed by atoms with E-state index in [9.17, 15) is 0 Å². The van der Waals surface area contributed by atoms with Crippen molar-refractivity contribution in [3.05, 3.63) is 188 Å². The fraction of sp³-hybridized carbons (Fsp3) is 0.439. The topological polar surface area (TPSA) is 0 Å². The maximum absolute atomic E-state index is 3.40. The standard InChI is InChI=1S/2C36H49.C10H6.2Sn/c2*1-21(2)29-17-31(23(5)6)35(32(18-29)24(7)8)27-14-13-15-28(16-27)36-33(25(9)10)19-30(22(3)4)20-34(36)26(11)12;1-2-6-10-8-4-3-7-9(10)5-1;;/h2*13-15,17-26H,1-12H3;1-5,7H;;. The Labute approximate surface area is 520 Å². The normalized spacial score (nSPS) is 13.0. The van der Waals surface area contributed by atoms with Gasteiger partial charge in [0.1, 0.15) is 0 Å². The number of benzene rings is 8. The van der Waals surface area contributed by atoms with Crippen LogP contribution in [0.2, 0.25) is 0 Å². The first-order valence-corrected chi connectivity index (χ1v) is 49.6. The molecule has 84 heavy (non-hydrogen) atoms. The van der Waals surface area contributed by atoms with Crippen LogP contribution in [0.1, 0.15) is 304 Å². The van der Waals surface area contributed by atoms with E-state index in [1.54, 1.807) is 19.7 Å². The van der Waals surface area contributed by atoms with Gasteiger partial charge in [0.05, 0.1) is 0 Å². The maximum atomic E-state index is 2.69. The van der Waals surface area contributed by atoms with E-state index >= 15 is 0 Å². The second kappa shape index (κ2) is 25.8. The van der Waals surface area contributed by atoms with Crippen molar-refractivity contribution < 1.29 is 0 Å². The van der Waals surface area contributed by atoms with Gasteiger partial charge in [-0.3, -0.25) is 0 Å². The third kappa shape index (κ3) is 11.9. The Morgan fingerprint density at radius 3 is 0.595 bits per heavy atom. The molecule has 0 amide bonds. The van der Waals surface area contributed by atoms with Gasteiger partial charge in [-0.05, 0) is 0 Å². The van der Waals surface area contributed by atoms with E-state index < -0.39 is 30.3 Å². The average Bonchev–Trinajstić information content (AvgIpc) is 1.52. The van der Waals surface area contributed by atoms with Crippen molar-refractivity contribution in [1.82, 2.24) is 0 Å². The van der Waals surface area contributed by atoms with E-state index in [0.717, 1.165) is 0 Å². The van der Waals surface area contributed by atoms with E-state index in [-0.39, 0.29) is 0 Å². The van der Waals surface area contributed by atoms with E-state index in [4.69, 9.17) is 0 Å². The van der Waals surface area contributed by atoms with Crippen molar-refractivity contribution in [2.24, 2.45) is 0 Å². The number of hydrogen-bond acceptors (Lipinski definition) is 0. The van der Waals surface area contributed by atoms with Crippen molar-refractivity contribution in [2.45, 2.75) is 237 Å². The Morgan fingerprint density at radius 2 is 0.417 bits per heavy atom. The van der Waals surface area contributed by atoms with Crippen molar-refractivity contribution in [1.29, 1.82) is 0 Å². The van der Waals surface area contributed by atoms with Gasteiger partial charge in [0.25, 0.3) is 0 Å². The Bertz CT molecular complexity index is 3250. The summed E-state index contributed by atoms with van der Waals surface area (Å²) >= 11 is -6.80. The van der Waals surface area contributed by atoms with E-state index in [0.29, 0.717) is 71.0 Å². The summed E-state index contributed by atoms with van der Waals surface area (Å²) in [6.07, 6.45) is 0. The molecule has 440 valence electrons. The molecule has 1 heterocycles. The van der Waals surface area contributed by atoms with Crippen LogP contribution < -0.4 is 14.3 Å². The van der Waals surface area contributed by atoms with Crippen LogP contribution in [0.5, 0.6) is 0 Å². The van der Waals surface area contributed by atoms with E-state index in [2.05, 4.69) is 287 Å². The third-order valence-corrected chi connectivity index (χ3v) is 61.2. The molecule has 0 saturated carbocycles. The summed E-state index contributed by atoms with van der Waals surface area (Å²) in [5.74, 6) is 4.45. The van der Waals surface area contributed by atoms with Gasteiger partial charge in [0, 0.05) is 0 Å². The van der Waals surface area contributed by atoms with Gasteiger partial charge >= 0.3 is 525 Å². The van der Waals surface area contributed by atoms with Crippen molar-refractivity contribution in [3.8, 4) is 44.5 Å². The predicted octanol–water partition coefficient (Wildman–Crippen LogP) is 22.3. The van der Waals surface area contributed by atoms with Crippen LogP contribution in [0.4, 0.5) is 0 Å². The molecule has 0 bridgehead atoms. The molecular formula is C82H104Sn2. The van der Waals surface area contributed by atoms with Gasteiger partial charge in [-0.1, -0.05) is 0 Å². The Morgan fingerprint density at radius 1 is 0.226 bits per heavy atom. The first-order chi connectivity index (χ1) is 39.7. The fourth-order valence-electron chi connectivity index (χ4n) is 14.1. The van der Waals surface area contributed by atoms with Crippen LogP contribution in [0.25, 0.3) is 55.3 Å². The van der Waals surface area contributed by atoms with Crippen LogP contribution in [0.3, 0.4) is 0 Å². The Kier molecular flexibility index (Phi) is 19.7. The first-order valence-electron chi connectivity index (χ1n) is 32.9. The summed E-state index contributed by atoms with van der Waals surface area (Å²) in [6.45, 7) is 58.7. The molecule has 0 atom stereocenters. The minimum absolute atomic E-state index is 0.342. The van der Waals surface area contributed by atoms with Crippen LogP contribution >= 0.6 is 0 Å². The molecule has 0 fully saturated rings. The zero-order valence-electron chi connectivity index (χ0n) is 56.5. The zero-order valence-corrected chi connectivity index (χ0v) is 62.2. The molecular weight excluding hydrogens is 1220 g/mol. The molecule has 8 aromatic rings. The van der Waals surface area contributed by atoms with Crippen LogP contribution in [0.15, 0.2) is 121 Å². The third-order valence-electron chi connectivity index (χ3n) is 18.9. The monoisotopic (exact) mass is 1330 g/mol. The van der Waals surface area contributed by atoms with Crippen molar-refractivity contribution in [3.63, 3.8) is 0 Å². The molecule has 1 aliphatic heterocycles. The summed E-state index contributed by atoms with van der Waals surface area (Å²) in [5, 5.41) is 3.03. The van der Waals surface area contributed by atoms with E-state index in [1.807, 2.05) is 0 Å². The summed E-state index contributed by atoms with van der Waals surface area (Å²) < 4.78 is 6.97. The number of rotatable bonds is 18. The van der Waals surface area contributed by atoms with Crippen molar-refractivity contribution >= 4 is 55.4 Å². The van der Waals surface area contributed by atoms with Crippen LogP contribution in [-0.4, -0.2) is 30.3 Å². The summed E-state index contributed by atoms with van der Waals surface area (Å²) in [6, 6.07) is 51.9. The van der Waals surface area contributed by atoms with Gasteiger partial charge in [-0.25, -0.2) is 0 Å². The van der Waals surface area contributed by atoms with Crippen molar-refractivity contribution in [2.75, 3.05) is 0 Å². The van der Waals surface area contributed by atoms with Crippen LogP contribution in [0, 0.1) is 0 Å². The molecule has 0 spiro atoms. The predicted molar refractivity (Wildman–Crippen MR) is 378 cm³/mol. The molecule has 0 radical (unpaired) electrons. The van der Waals surface area contributed by atoms with Crippen LogP contribution in [-0.2, 0) is 0 Å². The van der Waals surface area contributed by atoms with Gasteiger partial charge in [-0.2, -0.15) is 0 Å². The summed E-state index contributed by atoms with van der Waals surface area (Å²) in [4.78, 5) is 0. The zero-order chi connectivity index (χ0) is 61.2. The fourth-order valence-corrected chi connectivity index (χ4v) is 67.8. The quantitative estimate of drug-likeness (QED) is 0.0751. The molecule has 0 N–H and O–H groups in total. The van der Waals surface area contributed by atoms with Gasteiger partial charge in [-0.15, -0.1) is 0 Å². The first kappa shape index (κ1) is 64.1. The second-order valence-corrected chi connectivity index (χ2v) is 58.4. The second-order valence-electron chi connectivity index (χ2n) is 29.1. The molecule has 0 aromatic heterocycles. The number of hydrogen-bond donors (Lipinski definition) is 0. The molecule has 0 saturated heterocycles. The minimum atomic E-state index is -3.40. The molecule has 0 aliphatic carbocycles. The molecule has 0 unspecified atom stereocenters. The molecule has 2 heteroatoms. The Hall–Kier alpha value is -4.38. The molecule has 0 nitrogen and oxygen atoms in total. The van der Waals surface area contributed by atoms with Gasteiger partial charge in [0.2, 0.25) is 0 Å². The summed E-state index contributed by atoms with van der Waals surface area (Å²) in [7, 11) is 0.